The van der Waals surface area contributed by atoms with E-state index in [-0.39, 0.29) is 24.1 Å². The van der Waals surface area contributed by atoms with Crippen LogP contribution in [0, 0.1) is 0 Å². The topological polar surface area (TPSA) is 101 Å². The molecule has 1 saturated heterocycles. The molecule has 6 nitrogen and oxygen atoms in total. The summed E-state index contributed by atoms with van der Waals surface area (Å²) < 4.78 is 22.5. The molecular weight excluding hydrogens is 220 g/mol. The van der Waals surface area contributed by atoms with E-state index in [2.05, 4.69) is 0 Å². The van der Waals surface area contributed by atoms with Gasteiger partial charge in [-0.2, -0.15) is 0 Å². The maximum atomic E-state index is 11.3. The van der Waals surface area contributed by atoms with Gasteiger partial charge in [-0.25, -0.2) is 8.42 Å². The Morgan fingerprint density at radius 3 is 2.73 bits per heavy atom. The molecule has 1 aliphatic heterocycles. The quantitative estimate of drug-likeness (QED) is 0.619. The summed E-state index contributed by atoms with van der Waals surface area (Å²) in [6, 6.07) is -1.11. The summed E-state index contributed by atoms with van der Waals surface area (Å²) in [5, 5.41) is 8.63. The Hall–Kier alpha value is -0.660. The normalized spacial score (nSPS) is 28.5. The molecule has 0 saturated carbocycles. The molecule has 0 bridgehead atoms. The predicted octanol–water partition coefficient (Wildman–Crippen LogP) is -1.48. The largest absolute Gasteiger partial charge is 0.480 e. The van der Waals surface area contributed by atoms with E-state index in [4.69, 9.17) is 10.8 Å². The third-order valence-corrected chi connectivity index (χ3v) is 4.35. The van der Waals surface area contributed by atoms with Crippen LogP contribution in [0.5, 0.6) is 0 Å². The highest BCUT2D eigenvalue weighted by Crippen LogP contribution is 2.11. The maximum Gasteiger partial charge on any atom is 0.321 e. The molecule has 0 amide bonds. The molecule has 7 heteroatoms. The highest BCUT2D eigenvalue weighted by atomic mass is 32.2. The third kappa shape index (κ3) is 3.44. The molecule has 1 aliphatic rings. The molecule has 0 aliphatic carbocycles. The van der Waals surface area contributed by atoms with Crippen LogP contribution in [0.1, 0.15) is 6.92 Å². The molecule has 1 fully saturated rings. The number of hydrogen-bond donors (Lipinski definition) is 2. The van der Waals surface area contributed by atoms with Crippen LogP contribution in [0.25, 0.3) is 0 Å². The number of rotatable bonds is 3. The van der Waals surface area contributed by atoms with E-state index < -0.39 is 21.8 Å². The first-order chi connectivity index (χ1) is 6.82. The van der Waals surface area contributed by atoms with Crippen molar-refractivity contribution in [3.05, 3.63) is 0 Å². The van der Waals surface area contributed by atoms with Crippen molar-refractivity contribution < 1.29 is 18.3 Å². The molecule has 3 N–H and O–H groups in total. The van der Waals surface area contributed by atoms with Gasteiger partial charge in [0.2, 0.25) is 0 Å². The van der Waals surface area contributed by atoms with Gasteiger partial charge in [-0.1, -0.05) is 0 Å². The number of nitrogens with zero attached hydrogens (tertiary/aromatic N) is 1. The van der Waals surface area contributed by atoms with Crippen LogP contribution in [0.4, 0.5) is 0 Å². The van der Waals surface area contributed by atoms with Gasteiger partial charge in [-0.05, 0) is 6.92 Å². The highest BCUT2D eigenvalue weighted by Gasteiger charge is 2.30. The number of hydrogen-bond acceptors (Lipinski definition) is 5. The van der Waals surface area contributed by atoms with Crippen molar-refractivity contribution in [3.8, 4) is 0 Å². The van der Waals surface area contributed by atoms with E-state index in [0.29, 0.717) is 6.54 Å². The Labute approximate surface area is 89.0 Å². The van der Waals surface area contributed by atoms with Gasteiger partial charge in [0, 0.05) is 19.1 Å². The molecule has 0 aromatic rings. The predicted molar refractivity (Wildman–Crippen MR) is 55.3 cm³/mol. The first-order valence-corrected chi connectivity index (χ1v) is 6.57. The molecular formula is C8H16N2O4S. The summed E-state index contributed by atoms with van der Waals surface area (Å²) in [7, 11) is -2.95. The first kappa shape index (κ1) is 12.4. The average molecular weight is 236 g/mol. The molecule has 1 heterocycles. The minimum atomic E-state index is -2.95. The van der Waals surface area contributed by atoms with Crippen LogP contribution in [-0.4, -0.2) is 61.1 Å². The standard InChI is InChI=1S/C8H16N2O4S/c1-6-5-15(13,14)3-2-10(6)4-7(9)8(11)12/h6-7H,2-5,9H2,1H3,(H,11,12). The summed E-state index contributed by atoms with van der Waals surface area (Å²) in [6.45, 7) is 2.34. The molecule has 15 heavy (non-hydrogen) atoms. The minimum Gasteiger partial charge on any atom is -0.480 e. The van der Waals surface area contributed by atoms with Gasteiger partial charge >= 0.3 is 5.97 Å². The van der Waals surface area contributed by atoms with E-state index >= 15 is 0 Å². The Morgan fingerprint density at radius 1 is 1.67 bits per heavy atom. The van der Waals surface area contributed by atoms with Crippen molar-refractivity contribution in [2.45, 2.75) is 19.0 Å². The SMILES string of the molecule is CC1CS(=O)(=O)CCN1CC(N)C(=O)O. The number of carbonyl (C=O) groups is 1. The molecule has 1 rings (SSSR count). The van der Waals surface area contributed by atoms with E-state index in [1.807, 2.05) is 0 Å². The lowest BCUT2D eigenvalue weighted by molar-refractivity contribution is -0.139. The fourth-order valence-corrected chi connectivity index (χ4v) is 3.26. The highest BCUT2D eigenvalue weighted by molar-refractivity contribution is 7.91. The van der Waals surface area contributed by atoms with Crippen molar-refractivity contribution in [1.29, 1.82) is 0 Å². The van der Waals surface area contributed by atoms with Gasteiger partial charge in [-0.3, -0.25) is 9.69 Å². The Balaban J connectivity index is 2.56. The average Bonchev–Trinajstić information content (AvgIpc) is 2.08. The van der Waals surface area contributed by atoms with Crippen LogP contribution in [0.2, 0.25) is 0 Å². The summed E-state index contributed by atoms with van der Waals surface area (Å²) in [5.74, 6) is -0.890. The summed E-state index contributed by atoms with van der Waals surface area (Å²) in [5.41, 5.74) is 5.39. The zero-order valence-corrected chi connectivity index (χ0v) is 9.40. The lowest BCUT2D eigenvalue weighted by Gasteiger charge is -2.33. The molecule has 2 atom stereocenters. The Morgan fingerprint density at radius 2 is 2.27 bits per heavy atom. The number of nitrogens with two attached hydrogens (primary N) is 1. The molecule has 0 spiro atoms. The molecule has 0 radical (unpaired) electrons. The first-order valence-electron chi connectivity index (χ1n) is 4.74. The lowest BCUT2D eigenvalue weighted by atomic mass is 10.2. The fraction of sp³-hybridized carbons (Fsp3) is 0.875. The second-order valence-corrected chi connectivity index (χ2v) is 6.13. The Kier molecular flexibility index (Phi) is 3.69. The van der Waals surface area contributed by atoms with Gasteiger partial charge in [0.25, 0.3) is 0 Å². The minimum absolute atomic E-state index is 0.0827. The second kappa shape index (κ2) is 4.46. The smallest absolute Gasteiger partial charge is 0.321 e. The van der Waals surface area contributed by atoms with Gasteiger partial charge in [-0.15, -0.1) is 0 Å². The van der Waals surface area contributed by atoms with Crippen LogP contribution in [0.15, 0.2) is 0 Å². The van der Waals surface area contributed by atoms with Crippen molar-refractivity contribution >= 4 is 15.8 Å². The van der Waals surface area contributed by atoms with Crippen molar-refractivity contribution in [2.75, 3.05) is 24.6 Å². The summed E-state index contributed by atoms with van der Waals surface area (Å²) in [6.07, 6.45) is 0. The molecule has 0 aromatic carbocycles. The Bertz CT molecular complexity index is 341. The van der Waals surface area contributed by atoms with E-state index in [1.165, 1.54) is 0 Å². The van der Waals surface area contributed by atoms with E-state index in [0.717, 1.165) is 0 Å². The monoisotopic (exact) mass is 236 g/mol. The van der Waals surface area contributed by atoms with Gasteiger partial charge in [0.1, 0.15) is 6.04 Å². The van der Waals surface area contributed by atoms with Crippen LogP contribution in [0.3, 0.4) is 0 Å². The number of aliphatic carboxylic acids is 1. The second-order valence-electron chi connectivity index (χ2n) is 3.90. The maximum absolute atomic E-state index is 11.3. The zero-order chi connectivity index (χ0) is 11.6. The van der Waals surface area contributed by atoms with Crippen molar-refractivity contribution in [2.24, 2.45) is 5.73 Å². The fourth-order valence-electron chi connectivity index (χ4n) is 1.63. The zero-order valence-electron chi connectivity index (χ0n) is 8.59. The van der Waals surface area contributed by atoms with Crippen LogP contribution < -0.4 is 5.73 Å². The lowest BCUT2D eigenvalue weighted by Crippen LogP contribution is -2.52. The number of carboxylic acid groups (broad SMARTS) is 1. The molecule has 2 unspecified atom stereocenters. The number of sulfone groups is 1. The summed E-state index contributed by atoms with van der Waals surface area (Å²) in [4.78, 5) is 12.3. The number of carboxylic acids is 1. The van der Waals surface area contributed by atoms with Crippen molar-refractivity contribution in [1.82, 2.24) is 4.90 Å². The van der Waals surface area contributed by atoms with Gasteiger partial charge < -0.3 is 10.8 Å². The third-order valence-electron chi connectivity index (χ3n) is 2.56. The van der Waals surface area contributed by atoms with E-state index in [9.17, 15) is 13.2 Å². The van der Waals surface area contributed by atoms with Gasteiger partial charge in [0.15, 0.2) is 9.84 Å². The van der Waals surface area contributed by atoms with Crippen LogP contribution >= 0.6 is 0 Å². The molecule has 88 valence electrons. The summed E-state index contributed by atoms with van der Waals surface area (Å²) >= 11 is 0. The van der Waals surface area contributed by atoms with E-state index in [1.54, 1.807) is 11.8 Å². The molecule has 0 aromatic heterocycles. The van der Waals surface area contributed by atoms with Crippen molar-refractivity contribution in [3.63, 3.8) is 0 Å². The van der Waals surface area contributed by atoms with Crippen LogP contribution in [-0.2, 0) is 14.6 Å². The van der Waals surface area contributed by atoms with Gasteiger partial charge in [0.05, 0.1) is 11.5 Å².